The van der Waals surface area contributed by atoms with Gasteiger partial charge in [-0.05, 0) is 30.7 Å². The van der Waals surface area contributed by atoms with Gasteiger partial charge in [-0.15, -0.1) is 0 Å². The van der Waals surface area contributed by atoms with Crippen LogP contribution in [0.5, 0.6) is 5.75 Å². The summed E-state index contributed by atoms with van der Waals surface area (Å²) in [4.78, 5) is 8.59. The van der Waals surface area contributed by atoms with E-state index in [9.17, 15) is 0 Å². The molecule has 0 fully saturated rings. The van der Waals surface area contributed by atoms with Crippen LogP contribution < -0.4 is 15.8 Å². The van der Waals surface area contributed by atoms with E-state index >= 15 is 0 Å². The summed E-state index contributed by atoms with van der Waals surface area (Å²) in [7, 11) is 0. The number of guanidine groups is 1. The number of benzene rings is 1. The van der Waals surface area contributed by atoms with E-state index in [0.717, 1.165) is 29.0 Å². The average molecular weight is 296 g/mol. The first kappa shape index (κ1) is 14.4. The van der Waals surface area contributed by atoms with Crippen molar-refractivity contribution in [2.45, 2.75) is 25.9 Å². The van der Waals surface area contributed by atoms with Crippen LogP contribution >= 0.6 is 0 Å². The zero-order valence-corrected chi connectivity index (χ0v) is 12.6. The molecule has 1 aliphatic rings. The number of pyridine rings is 1. The van der Waals surface area contributed by atoms with Crippen LogP contribution in [-0.4, -0.2) is 17.6 Å². The predicted octanol–water partition coefficient (Wildman–Crippen LogP) is 2.32. The van der Waals surface area contributed by atoms with E-state index in [4.69, 9.17) is 10.5 Å². The Kier molecular flexibility index (Phi) is 4.23. The maximum Gasteiger partial charge on any atom is 0.189 e. The highest BCUT2D eigenvalue weighted by molar-refractivity contribution is 5.78. The maximum atomic E-state index is 6.03. The third-order valence-electron chi connectivity index (χ3n) is 3.67. The number of nitrogens with zero attached hydrogens (tertiary/aromatic N) is 2. The average Bonchev–Trinajstić information content (AvgIpc) is 2.53. The van der Waals surface area contributed by atoms with Crippen molar-refractivity contribution in [3.05, 3.63) is 59.4 Å². The van der Waals surface area contributed by atoms with Gasteiger partial charge in [-0.2, -0.15) is 0 Å². The molecular weight excluding hydrogens is 276 g/mol. The second kappa shape index (κ2) is 6.47. The largest absolute Gasteiger partial charge is 0.493 e. The molecule has 0 aliphatic carbocycles. The van der Waals surface area contributed by atoms with Gasteiger partial charge in [0.05, 0.1) is 19.2 Å². The summed E-state index contributed by atoms with van der Waals surface area (Å²) in [6.45, 7) is 3.20. The summed E-state index contributed by atoms with van der Waals surface area (Å²) < 4.78 is 5.65. The van der Waals surface area contributed by atoms with E-state index < -0.39 is 0 Å². The molecule has 114 valence electrons. The zero-order chi connectivity index (χ0) is 15.4. The van der Waals surface area contributed by atoms with Gasteiger partial charge in [0.2, 0.25) is 0 Å². The van der Waals surface area contributed by atoms with E-state index in [1.165, 1.54) is 0 Å². The van der Waals surface area contributed by atoms with Crippen molar-refractivity contribution in [3.63, 3.8) is 0 Å². The number of hydrogen-bond donors (Lipinski definition) is 2. The molecule has 0 saturated heterocycles. The molecule has 1 aromatic heterocycles. The fourth-order valence-electron chi connectivity index (χ4n) is 2.60. The van der Waals surface area contributed by atoms with E-state index in [2.05, 4.69) is 21.4 Å². The number of aliphatic imine (C=N–C) groups is 1. The maximum absolute atomic E-state index is 6.03. The number of rotatable bonds is 3. The van der Waals surface area contributed by atoms with Gasteiger partial charge < -0.3 is 15.8 Å². The number of para-hydroxylation sites is 1. The van der Waals surface area contributed by atoms with Crippen molar-refractivity contribution in [1.29, 1.82) is 0 Å². The molecular formula is C17H20N4O. The smallest absolute Gasteiger partial charge is 0.189 e. The van der Waals surface area contributed by atoms with Crippen molar-refractivity contribution < 1.29 is 4.74 Å². The molecule has 1 aliphatic heterocycles. The molecule has 0 radical (unpaired) electrons. The SMILES string of the molecule is Cc1cc(CN=C(N)NC2CCOc3ccccc32)ccn1. The molecule has 22 heavy (non-hydrogen) atoms. The quantitative estimate of drug-likeness (QED) is 0.673. The normalized spacial score (nSPS) is 17.5. The van der Waals surface area contributed by atoms with Crippen molar-refractivity contribution in [2.24, 2.45) is 10.7 Å². The Balaban J connectivity index is 1.67. The lowest BCUT2D eigenvalue weighted by molar-refractivity contribution is 0.262. The van der Waals surface area contributed by atoms with Gasteiger partial charge >= 0.3 is 0 Å². The van der Waals surface area contributed by atoms with Crippen molar-refractivity contribution in [2.75, 3.05) is 6.61 Å². The minimum Gasteiger partial charge on any atom is -0.493 e. The van der Waals surface area contributed by atoms with Gasteiger partial charge in [-0.3, -0.25) is 4.98 Å². The molecule has 0 saturated carbocycles. The predicted molar refractivity (Wildman–Crippen MR) is 86.7 cm³/mol. The highest BCUT2D eigenvalue weighted by Gasteiger charge is 2.21. The van der Waals surface area contributed by atoms with E-state index in [0.29, 0.717) is 19.1 Å². The zero-order valence-electron chi connectivity index (χ0n) is 12.6. The molecule has 0 spiro atoms. The summed E-state index contributed by atoms with van der Waals surface area (Å²) >= 11 is 0. The van der Waals surface area contributed by atoms with Crippen LogP contribution in [0.2, 0.25) is 0 Å². The molecule has 5 nitrogen and oxygen atoms in total. The number of ether oxygens (including phenoxy) is 1. The first-order valence-corrected chi connectivity index (χ1v) is 7.42. The van der Waals surface area contributed by atoms with Gasteiger partial charge in [0, 0.05) is 23.9 Å². The van der Waals surface area contributed by atoms with Crippen LogP contribution in [0.3, 0.4) is 0 Å². The van der Waals surface area contributed by atoms with Crippen LogP contribution in [0, 0.1) is 6.92 Å². The third-order valence-corrected chi connectivity index (χ3v) is 3.67. The van der Waals surface area contributed by atoms with Gasteiger partial charge in [0.1, 0.15) is 5.75 Å². The third kappa shape index (κ3) is 3.36. The molecule has 2 aromatic rings. The van der Waals surface area contributed by atoms with E-state index in [1.54, 1.807) is 6.20 Å². The Hall–Kier alpha value is -2.56. The fourth-order valence-corrected chi connectivity index (χ4v) is 2.60. The molecule has 2 heterocycles. The Labute approximate surface area is 130 Å². The summed E-state index contributed by atoms with van der Waals surface area (Å²) in [6, 6.07) is 12.1. The molecule has 1 aromatic carbocycles. The van der Waals surface area contributed by atoms with Crippen LogP contribution in [0.4, 0.5) is 0 Å². The van der Waals surface area contributed by atoms with E-state index in [1.807, 2.05) is 37.3 Å². The second-order valence-corrected chi connectivity index (χ2v) is 5.38. The van der Waals surface area contributed by atoms with Crippen LogP contribution in [0.25, 0.3) is 0 Å². The lowest BCUT2D eigenvalue weighted by Crippen LogP contribution is -2.37. The van der Waals surface area contributed by atoms with Crippen LogP contribution in [0.1, 0.15) is 29.3 Å². The first-order chi connectivity index (χ1) is 10.7. The first-order valence-electron chi connectivity index (χ1n) is 7.42. The number of fused-ring (bicyclic) bond motifs is 1. The molecule has 0 amide bonds. The van der Waals surface area contributed by atoms with Crippen molar-refractivity contribution in [1.82, 2.24) is 10.3 Å². The molecule has 3 rings (SSSR count). The van der Waals surface area contributed by atoms with E-state index in [-0.39, 0.29) is 6.04 Å². The van der Waals surface area contributed by atoms with Gasteiger partial charge in [-0.1, -0.05) is 18.2 Å². The lowest BCUT2D eigenvalue weighted by atomic mass is 10.0. The lowest BCUT2D eigenvalue weighted by Gasteiger charge is -2.26. The van der Waals surface area contributed by atoms with Crippen molar-refractivity contribution >= 4 is 5.96 Å². The number of aryl methyl sites for hydroxylation is 1. The fraction of sp³-hybridized carbons (Fsp3) is 0.294. The summed E-state index contributed by atoms with van der Waals surface area (Å²) in [5.74, 6) is 1.37. The topological polar surface area (TPSA) is 72.5 Å². The Morgan fingerprint density at radius 2 is 2.27 bits per heavy atom. The Morgan fingerprint density at radius 3 is 3.14 bits per heavy atom. The van der Waals surface area contributed by atoms with Crippen LogP contribution in [-0.2, 0) is 6.54 Å². The molecule has 5 heteroatoms. The van der Waals surface area contributed by atoms with Gasteiger partial charge in [0.15, 0.2) is 5.96 Å². The monoisotopic (exact) mass is 296 g/mol. The minimum absolute atomic E-state index is 0.146. The number of aromatic nitrogens is 1. The number of hydrogen-bond acceptors (Lipinski definition) is 3. The standard InChI is InChI=1S/C17H20N4O/c1-12-10-13(6-8-19-12)11-20-17(18)21-15-7-9-22-16-5-3-2-4-14(15)16/h2-6,8,10,15H,7,9,11H2,1H3,(H3,18,20,21). The molecule has 1 unspecified atom stereocenters. The Bertz CT molecular complexity index is 684. The highest BCUT2D eigenvalue weighted by Crippen LogP contribution is 2.31. The summed E-state index contributed by atoms with van der Waals surface area (Å²) in [5, 5.41) is 3.29. The highest BCUT2D eigenvalue weighted by atomic mass is 16.5. The molecule has 0 bridgehead atoms. The number of nitrogens with one attached hydrogen (secondary N) is 1. The van der Waals surface area contributed by atoms with Gasteiger partial charge in [0.25, 0.3) is 0 Å². The van der Waals surface area contributed by atoms with Gasteiger partial charge in [-0.25, -0.2) is 4.99 Å². The summed E-state index contributed by atoms with van der Waals surface area (Å²) in [6.07, 6.45) is 2.67. The van der Waals surface area contributed by atoms with Crippen LogP contribution in [0.15, 0.2) is 47.6 Å². The van der Waals surface area contributed by atoms with Crippen molar-refractivity contribution in [3.8, 4) is 5.75 Å². The number of nitrogens with two attached hydrogens (primary N) is 1. The Morgan fingerprint density at radius 1 is 1.41 bits per heavy atom. The molecule has 1 atom stereocenters. The molecule has 3 N–H and O–H groups in total. The summed E-state index contributed by atoms with van der Waals surface area (Å²) in [5.41, 5.74) is 9.25. The second-order valence-electron chi connectivity index (χ2n) is 5.38. The minimum atomic E-state index is 0.146.